The van der Waals surface area contributed by atoms with Crippen molar-refractivity contribution in [1.82, 2.24) is 4.90 Å². The van der Waals surface area contributed by atoms with E-state index >= 15 is 0 Å². The first-order valence-electron chi connectivity index (χ1n) is 9.54. The first-order chi connectivity index (χ1) is 12.2. The third kappa shape index (κ3) is 4.46. The van der Waals surface area contributed by atoms with E-state index in [1.54, 1.807) is 14.2 Å². The second kappa shape index (κ2) is 8.56. The Labute approximate surface area is 150 Å². The number of methoxy groups -OCH3 is 2. The molecule has 5 nitrogen and oxygen atoms in total. The standard InChI is InChI=1S/C20H30N2O3/c1-24-18-9-8-16(13-19(18)25-2)14-21-10-6-7-17(15-21)20(23)22-11-4-3-5-12-22/h8-9,13,17H,3-7,10-12,14-15H2,1-2H3/p+1. The summed E-state index contributed by atoms with van der Waals surface area (Å²) in [6, 6.07) is 6.13. The fraction of sp³-hybridized carbons (Fsp3) is 0.650. The minimum absolute atomic E-state index is 0.196. The lowest BCUT2D eigenvalue weighted by Gasteiger charge is -2.34. The van der Waals surface area contributed by atoms with Gasteiger partial charge in [0.25, 0.3) is 0 Å². The van der Waals surface area contributed by atoms with E-state index in [-0.39, 0.29) is 5.92 Å². The maximum Gasteiger partial charge on any atom is 0.231 e. The van der Waals surface area contributed by atoms with Crippen LogP contribution in [0.2, 0.25) is 0 Å². The van der Waals surface area contributed by atoms with Crippen LogP contribution in [-0.4, -0.2) is 51.2 Å². The van der Waals surface area contributed by atoms with E-state index in [2.05, 4.69) is 17.0 Å². The van der Waals surface area contributed by atoms with Gasteiger partial charge in [0, 0.05) is 18.7 Å². The van der Waals surface area contributed by atoms with Gasteiger partial charge in [0.2, 0.25) is 5.91 Å². The van der Waals surface area contributed by atoms with E-state index in [1.165, 1.54) is 29.7 Å². The van der Waals surface area contributed by atoms with Gasteiger partial charge in [-0.15, -0.1) is 0 Å². The molecule has 2 aliphatic heterocycles. The highest BCUT2D eigenvalue weighted by Gasteiger charge is 2.32. The zero-order valence-electron chi connectivity index (χ0n) is 15.6. The van der Waals surface area contributed by atoms with Crippen molar-refractivity contribution in [2.75, 3.05) is 40.4 Å². The Morgan fingerprint density at radius 2 is 1.88 bits per heavy atom. The Morgan fingerprint density at radius 3 is 2.60 bits per heavy atom. The Hall–Kier alpha value is -1.75. The maximum absolute atomic E-state index is 12.8. The summed E-state index contributed by atoms with van der Waals surface area (Å²) in [5.41, 5.74) is 1.23. The molecule has 0 aliphatic carbocycles. The van der Waals surface area contributed by atoms with Gasteiger partial charge in [-0.05, 0) is 50.3 Å². The van der Waals surface area contributed by atoms with E-state index in [0.717, 1.165) is 57.1 Å². The molecule has 1 N–H and O–H groups in total. The van der Waals surface area contributed by atoms with Crippen molar-refractivity contribution in [3.8, 4) is 11.5 Å². The zero-order chi connectivity index (χ0) is 17.6. The predicted molar refractivity (Wildman–Crippen MR) is 97.1 cm³/mol. The van der Waals surface area contributed by atoms with Crippen LogP contribution >= 0.6 is 0 Å². The third-order valence-corrected chi connectivity index (χ3v) is 5.54. The molecule has 2 heterocycles. The predicted octanol–water partition coefficient (Wildman–Crippen LogP) is 1.51. The average Bonchev–Trinajstić information content (AvgIpc) is 2.68. The van der Waals surface area contributed by atoms with Crippen LogP contribution < -0.4 is 14.4 Å². The van der Waals surface area contributed by atoms with Gasteiger partial charge in [-0.3, -0.25) is 4.79 Å². The second-order valence-electron chi connectivity index (χ2n) is 7.30. The molecule has 1 aromatic rings. The van der Waals surface area contributed by atoms with Crippen LogP contribution in [0.1, 0.15) is 37.7 Å². The summed E-state index contributed by atoms with van der Waals surface area (Å²) in [7, 11) is 3.33. The van der Waals surface area contributed by atoms with Gasteiger partial charge in [-0.2, -0.15) is 0 Å². The fourth-order valence-corrected chi connectivity index (χ4v) is 4.17. The number of ether oxygens (including phenoxy) is 2. The van der Waals surface area contributed by atoms with Crippen LogP contribution in [0.3, 0.4) is 0 Å². The molecule has 2 atom stereocenters. The number of carbonyl (C=O) groups is 1. The van der Waals surface area contributed by atoms with Crippen molar-refractivity contribution >= 4 is 5.91 Å². The van der Waals surface area contributed by atoms with E-state index in [1.807, 2.05) is 6.07 Å². The quantitative estimate of drug-likeness (QED) is 0.878. The van der Waals surface area contributed by atoms with Gasteiger partial charge < -0.3 is 19.3 Å². The van der Waals surface area contributed by atoms with Crippen LogP contribution in [-0.2, 0) is 11.3 Å². The number of nitrogens with one attached hydrogen (secondary N) is 1. The summed E-state index contributed by atoms with van der Waals surface area (Å²) in [6.07, 6.45) is 5.78. The molecule has 138 valence electrons. The van der Waals surface area contributed by atoms with Crippen molar-refractivity contribution in [3.05, 3.63) is 23.8 Å². The van der Waals surface area contributed by atoms with Crippen molar-refractivity contribution < 1.29 is 19.2 Å². The lowest BCUT2D eigenvalue weighted by atomic mass is 9.95. The van der Waals surface area contributed by atoms with Crippen molar-refractivity contribution in [2.45, 2.75) is 38.6 Å². The molecule has 2 saturated heterocycles. The normalized spacial score (nSPS) is 24.0. The number of nitrogens with zero attached hydrogens (tertiary/aromatic N) is 1. The van der Waals surface area contributed by atoms with Gasteiger partial charge >= 0.3 is 0 Å². The lowest BCUT2D eigenvalue weighted by Crippen LogP contribution is -3.12. The van der Waals surface area contributed by atoms with Crippen molar-refractivity contribution in [1.29, 1.82) is 0 Å². The SMILES string of the molecule is COc1ccc(C[NH+]2CCCC(C(=O)N3CCCCC3)C2)cc1OC. The molecule has 1 amide bonds. The summed E-state index contributed by atoms with van der Waals surface area (Å²) in [5, 5.41) is 0. The van der Waals surface area contributed by atoms with E-state index in [4.69, 9.17) is 9.47 Å². The largest absolute Gasteiger partial charge is 0.493 e. The average molecular weight is 347 g/mol. The van der Waals surface area contributed by atoms with Gasteiger partial charge in [0.05, 0.1) is 33.2 Å². The van der Waals surface area contributed by atoms with E-state index in [0.29, 0.717) is 5.91 Å². The molecule has 0 aromatic heterocycles. The highest BCUT2D eigenvalue weighted by molar-refractivity contribution is 5.79. The number of benzene rings is 1. The summed E-state index contributed by atoms with van der Waals surface area (Å²) in [4.78, 5) is 16.4. The monoisotopic (exact) mass is 347 g/mol. The summed E-state index contributed by atoms with van der Waals surface area (Å²) >= 11 is 0. The Kier molecular flexibility index (Phi) is 6.19. The molecule has 1 aromatic carbocycles. The summed E-state index contributed by atoms with van der Waals surface area (Å²) in [5.74, 6) is 2.13. The van der Waals surface area contributed by atoms with Crippen LogP contribution in [0.15, 0.2) is 18.2 Å². The molecule has 0 saturated carbocycles. The molecule has 25 heavy (non-hydrogen) atoms. The van der Waals surface area contributed by atoms with Gasteiger partial charge in [0.15, 0.2) is 11.5 Å². The minimum atomic E-state index is 0.196. The number of carbonyl (C=O) groups excluding carboxylic acids is 1. The fourth-order valence-electron chi connectivity index (χ4n) is 4.17. The maximum atomic E-state index is 12.8. The van der Waals surface area contributed by atoms with Crippen molar-refractivity contribution in [2.24, 2.45) is 5.92 Å². The van der Waals surface area contributed by atoms with Crippen molar-refractivity contribution in [3.63, 3.8) is 0 Å². The number of hydrogen-bond donors (Lipinski definition) is 1. The highest BCUT2D eigenvalue weighted by Crippen LogP contribution is 2.27. The molecule has 2 fully saturated rings. The molecule has 0 spiro atoms. The number of hydrogen-bond acceptors (Lipinski definition) is 3. The van der Waals surface area contributed by atoms with Crippen LogP contribution in [0, 0.1) is 5.92 Å². The minimum Gasteiger partial charge on any atom is -0.493 e. The van der Waals surface area contributed by atoms with Gasteiger partial charge in [0.1, 0.15) is 6.54 Å². The van der Waals surface area contributed by atoms with Gasteiger partial charge in [-0.25, -0.2) is 0 Å². The molecule has 0 bridgehead atoms. The summed E-state index contributed by atoms with van der Waals surface area (Å²) in [6.45, 7) is 4.94. The molecular formula is C20H31N2O3+. The molecule has 3 rings (SSSR count). The molecule has 5 heteroatoms. The van der Waals surface area contributed by atoms with Gasteiger partial charge in [-0.1, -0.05) is 0 Å². The Bertz CT molecular complexity index is 584. The third-order valence-electron chi connectivity index (χ3n) is 5.54. The Balaban J connectivity index is 1.60. The molecule has 2 aliphatic rings. The second-order valence-corrected chi connectivity index (χ2v) is 7.30. The number of quaternary nitrogens is 1. The first kappa shape index (κ1) is 18.1. The number of piperidine rings is 2. The zero-order valence-corrected chi connectivity index (χ0v) is 15.6. The van der Waals surface area contributed by atoms with Crippen LogP contribution in [0.25, 0.3) is 0 Å². The number of amides is 1. The topological polar surface area (TPSA) is 43.2 Å². The molecular weight excluding hydrogens is 316 g/mol. The number of likely N-dealkylation sites (tertiary alicyclic amines) is 2. The first-order valence-corrected chi connectivity index (χ1v) is 9.54. The lowest BCUT2D eigenvalue weighted by molar-refractivity contribution is -0.921. The molecule has 0 radical (unpaired) electrons. The van der Waals surface area contributed by atoms with Crippen LogP contribution in [0.5, 0.6) is 11.5 Å². The summed E-state index contributed by atoms with van der Waals surface area (Å²) < 4.78 is 10.7. The van der Waals surface area contributed by atoms with Crippen LogP contribution in [0.4, 0.5) is 0 Å². The molecule has 2 unspecified atom stereocenters. The highest BCUT2D eigenvalue weighted by atomic mass is 16.5. The smallest absolute Gasteiger partial charge is 0.231 e. The van der Waals surface area contributed by atoms with E-state index < -0.39 is 0 Å². The van der Waals surface area contributed by atoms with E-state index in [9.17, 15) is 4.79 Å². The Morgan fingerprint density at radius 1 is 1.12 bits per heavy atom. The number of rotatable bonds is 5.